The molecule has 0 aliphatic heterocycles. The van der Waals surface area contributed by atoms with E-state index in [0.29, 0.717) is 16.9 Å². The molecule has 0 aliphatic rings. The molecule has 0 atom stereocenters. The van der Waals surface area contributed by atoms with Crippen LogP contribution in [0, 0.1) is 13.8 Å². The van der Waals surface area contributed by atoms with Crippen LogP contribution in [-0.4, -0.2) is 12.9 Å². The summed E-state index contributed by atoms with van der Waals surface area (Å²) in [6.45, 7) is 3.89. The molecule has 19 heavy (non-hydrogen) atoms. The van der Waals surface area contributed by atoms with Gasteiger partial charge in [0.25, 0.3) is 0 Å². The lowest BCUT2D eigenvalue weighted by Gasteiger charge is -2.11. The van der Waals surface area contributed by atoms with Gasteiger partial charge in [-0.15, -0.1) is 0 Å². The molecule has 3 heteroatoms. The minimum atomic E-state index is -0.0145. The summed E-state index contributed by atoms with van der Waals surface area (Å²) in [6.07, 6.45) is 0. The Morgan fingerprint density at radius 2 is 1.84 bits per heavy atom. The Morgan fingerprint density at radius 1 is 1.11 bits per heavy atom. The normalized spacial score (nSPS) is 10.3. The zero-order valence-corrected chi connectivity index (χ0v) is 12.7. The molecule has 0 fully saturated rings. The first kappa shape index (κ1) is 13.8. The molecule has 2 aromatic rings. The number of aryl methyl sites for hydroxylation is 1. The minimum absolute atomic E-state index is 0.0145. The third-order valence-electron chi connectivity index (χ3n) is 3.11. The van der Waals surface area contributed by atoms with E-state index < -0.39 is 0 Å². The zero-order valence-electron chi connectivity index (χ0n) is 11.2. The van der Waals surface area contributed by atoms with E-state index in [1.165, 1.54) is 0 Å². The number of carbonyl (C=O) groups is 1. The van der Waals surface area contributed by atoms with Crippen molar-refractivity contribution >= 4 is 21.7 Å². The molecule has 0 amide bonds. The third-order valence-corrected chi connectivity index (χ3v) is 3.97. The van der Waals surface area contributed by atoms with Crippen LogP contribution < -0.4 is 4.74 Å². The quantitative estimate of drug-likeness (QED) is 0.788. The van der Waals surface area contributed by atoms with Gasteiger partial charge in [-0.25, -0.2) is 0 Å². The summed E-state index contributed by atoms with van der Waals surface area (Å²) >= 11 is 3.45. The molecule has 98 valence electrons. The highest BCUT2D eigenvalue weighted by Crippen LogP contribution is 2.26. The lowest BCUT2D eigenvalue weighted by Crippen LogP contribution is -2.06. The molecule has 0 saturated heterocycles. The van der Waals surface area contributed by atoms with Crippen molar-refractivity contribution in [3.63, 3.8) is 0 Å². The fourth-order valence-corrected chi connectivity index (χ4v) is 2.36. The van der Waals surface area contributed by atoms with Crippen molar-refractivity contribution in [1.82, 2.24) is 0 Å². The highest BCUT2D eigenvalue weighted by molar-refractivity contribution is 9.10. The predicted octanol–water partition coefficient (Wildman–Crippen LogP) is 4.31. The van der Waals surface area contributed by atoms with Gasteiger partial charge >= 0.3 is 0 Å². The topological polar surface area (TPSA) is 26.3 Å². The average molecular weight is 319 g/mol. The molecule has 0 saturated carbocycles. The van der Waals surface area contributed by atoms with Crippen LogP contribution in [-0.2, 0) is 0 Å². The summed E-state index contributed by atoms with van der Waals surface area (Å²) in [6, 6.07) is 11.3. The smallest absolute Gasteiger partial charge is 0.197 e. The molecular formula is C16H15BrO2. The lowest BCUT2D eigenvalue weighted by molar-refractivity contribution is 0.103. The second kappa shape index (κ2) is 5.57. The van der Waals surface area contributed by atoms with Crippen LogP contribution in [0.5, 0.6) is 5.75 Å². The van der Waals surface area contributed by atoms with Gasteiger partial charge in [-0.2, -0.15) is 0 Å². The molecule has 0 N–H and O–H groups in total. The highest BCUT2D eigenvalue weighted by atomic mass is 79.9. The van der Waals surface area contributed by atoms with Crippen molar-refractivity contribution in [2.45, 2.75) is 13.8 Å². The van der Waals surface area contributed by atoms with E-state index in [1.807, 2.05) is 50.2 Å². The maximum atomic E-state index is 12.7. The zero-order chi connectivity index (χ0) is 14.0. The Balaban J connectivity index is 2.56. The average Bonchev–Trinajstić information content (AvgIpc) is 2.41. The largest absolute Gasteiger partial charge is 0.496 e. The molecule has 2 nitrogen and oxygen atoms in total. The summed E-state index contributed by atoms with van der Waals surface area (Å²) < 4.78 is 6.22. The maximum Gasteiger partial charge on any atom is 0.197 e. The number of methoxy groups -OCH3 is 1. The SMILES string of the molecule is COc1ccc(C)cc1C(=O)c1cccc(Br)c1C. The minimum Gasteiger partial charge on any atom is -0.496 e. The van der Waals surface area contributed by atoms with E-state index in [-0.39, 0.29) is 5.78 Å². The number of benzene rings is 2. The summed E-state index contributed by atoms with van der Waals surface area (Å²) in [5.41, 5.74) is 3.27. The number of carbonyl (C=O) groups excluding carboxylic acids is 1. The van der Waals surface area contributed by atoms with Crippen LogP contribution in [0.15, 0.2) is 40.9 Å². The van der Waals surface area contributed by atoms with Crippen LogP contribution in [0.1, 0.15) is 27.0 Å². The van der Waals surface area contributed by atoms with E-state index >= 15 is 0 Å². The van der Waals surface area contributed by atoms with Gasteiger partial charge in [0.15, 0.2) is 5.78 Å². The van der Waals surface area contributed by atoms with Gasteiger partial charge < -0.3 is 4.74 Å². The third kappa shape index (κ3) is 2.71. The summed E-state index contributed by atoms with van der Waals surface area (Å²) in [5.74, 6) is 0.592. The van der Waals surface area contributed by atoms with E-state index in [1.54, 1.807) is 7.11 Å². The van der Waals surface area contributed by atoms with Crippen molar-refractivity contribution in [3.05, 3.63) is 63.1 Å². The second-order valence-corrected chi connectivity index (χ2v) is 5.30. The van der Waals surface area contributed by atoms with Crippen molar-refractivity contribution in [1.29, 1.82) is 0 Å². The second-order valence-electron chi connectivity index (χ2n) is 4.45. The first-order valence-electron chi connectivity index (χ1n) is 5.99. The predicted molar refractivity (Wildman–Crippen MR) is 80.0 cm³/mol. The molecule has 0 aromatic heterocycles. The Hall–Kier alpha value is -1.61. The van der Waals surface area contributed by atoms with Gasteiger partial charge in [0.2, 0.25) is 0 Å². The van der Waals surface area contributed by atoms with Gasteiger partial charge in [-0.3, -0.25) is 4.79 Å². The molecule has 2 aromatic carbocycles. The van der Waals surface area contributed by atoms with Gasteiger partial charge in [0.1, 0.15) is 5.75 Å². The maximum absolute atomic E-state index is 12.7. The van der Waals surface area contributed by atoms with Crippen molar-refractivity contribution in [2.24, 2.45) is 0 Å². The van der Waals surface area contributed by atoms with E-state index in [0.717, 1.165) is 15.6 Å². The highest BCUT2D eigenvalue weighted by Gasteiger charge is 2.17. The van der Waals surface area contributed by atoms with Crippen LogP contribution in [0.2, 0.25) is 0 Å². The first-order chi connectivity index (χ1) is 9.04. The number of ketones is 1. The molecule has 0 unspecified atom stereocenters. The van der Waals surface area contributed by atoms with E-state index in [4.69, 9.17) is 4.74 Å². The fraction of sp³-hybridized carbons (Fsp3) is 0.188. The standard InChI is InChI=1S/C16H15BrO2/c1-10-7-8-15(19-3)13(9-10)16(18)12-5-4-6-14(17)11(12)2/h4-9H,1-3H3. The number of ether oxygens (including phenoxy) is 1. The molecule has 0 aliphatic carbocycles. The van der Waals surface area contributed by atoms with Crippen molar-refractivity contribution in [3.8, 4) is 5.75 Å². The number of hydrogen-bond donors (Lipinski definition) is 0. The Kier molecular flexibility index (Phi) is 4.05. The first-order valence-corrected chi connectivity index (χ1v) is 6.78. The Labute approximate surface area is 121 Å². The monoisotopic (exact) mass is 318 g/mol. The number of rotatable bonds is 3. The molecular weight excluding hydrogens is 304 g/mol. The summed E-state index contributed by atoms with van der Waals surface area (Å²) in [7, 11) is 1.58. The summed E-state index contributed by atoms with van der Waals surface area (Å²) in [5, 5.41) is 0. The van der Waals surface area contributed by atoms with E-state index in [9.17, 15) is 4.79 Å². The molecule has 0 spiro atoms. The molecule has 0 heterocycles. The Bertz CT molecular complexity index is 633. The molecule has 0 radical (unpaired) electrons. The molecule has 0 bridgehead atoms. The van der Waals surface area contributed by atoms with Gasteiger partial charge in [0.05, 0.1) is 12.7 Å². The van der Waals surface area contributed by atoms with Crippen LogP contribution >= 0.6 is 15.9 Å². The van der Waals surface area contributed by atoms with Crippen LogP contribution in [0.3, 0.4) is 0 Å². The summed E-state index contributed by atoms with van der Waals surface area (Å²) in [4.78, 5) is 12.7. The number of halogens is 1. The van der Waals surface area contributed by atoms with Crippen molar-refractivity contribution < 1.29 is 9.53 Å². The lowest BCUT2D eigenvalue weighted by atomic mass is 9.97. The van der Waals surface area contributed by atoms with Gasteiger partial charge in [0, 0.05) is 10.0 Å². The van der Waals surface area contributed by atoms with Crippen molar-refractivity contribution in [2.75, 3.05) is 7.11 Å². The fourth-order valence-electron chi connectivity index (χ4n) is 2.00. The van der Waals surface area contributed by atoms with Crippen LogP contribution in [0.25, 0.3) is 0 Å². The number of hydrogen-bond acceptors (Lipinski definition) is 2. The van der Waals surface area contributed by atoms with Crippen LogP contribution in [0.4, 0.5) is 0 Å². The Morgan fingerprint density at radius 3 is 2.53 bits per heavy atom. The van der Waals surface area contributed by atoms with Gasteiger partial charge in [-0.05, 0) is 37.6 Å². The van der Waals surface area contributed by atoms with Gasteiger partial charge in [-0.1, -0.05) is 39.7 Å². The molecule has 2 rings (SSSR count). The van der Waals surface area contributed by atoms with E-state index in [2.05, 4.69) is 15.9 Å².